The van der Waals surface area contributed by atoms with Gasteiger partial charge in [0.15, 0.2) is 0 Å². The van der Waals surface area contributed by atoms with Gasteiger partial charge in [-0.25, -0.2) is 0 Å². The fourth-order valence-electron chi connectivity index (χ4n) is 1.86. The number of rotatable bonds is 3. The number of amides is 1. The quantitative estimate of drug-likeness (QED) is 0.848. The topological polar surface area (TPSA) is 75.4 Å². The molecule has 0 atom stereocenters. The largest absolute Gasteiger partial charge is 0.395 e. The van der Waals surface area contributed by atoms with Crippen LogP contribution in [-0.4, -0.2) is 22.8 Å². The number of anilines is 1. The van der Waals surface area contributed by atoms with Crippen molar-refractivity contribution in [2.24, 2.45) is 0 Å². The second-order valence-corrected chi connectivity index (χ2v) is 4.61. The van der Waals surface area contributed by atoms with Gasteiger partial charge in [0.25, 0.3) is 5.91 Å². The normalized spacial score (nSPS) is 9.86. The van der Waals surface area contributed by atoms with Crippen LogP contribution >= 0.6 is 0 Å². The number of benzene rings is 1. The van der Waals surface area contributed by atoms with Crippen molar-refractivity contribution in [3.63, 3.8) is 0 Å². The van der Waals surface area contributed by atoms with Crippen LogP contribution in [0.25, 0.3) is 0 Å². The van der Waals surface area contributed by atoms with Gasteiger partial charge < -0.3 is 14.9 Å². The number of carbonyl (C=O) groups excluding carboxylic acids is 1. The Bertz CT molecular complexity index is 708. The Hall–Kier alpha value is -2.58. The van der Waals surface area contributed by atoms with E-state index in [0.717, 1.165) is 11.1 Å². The maximum Gasteiger partial charge on any atom is 0.260 e. The Morgan fingerprint density at radius 2 is 2.19 bits per heavy atom. The zero-order chi connectivity index (χ0) is 15.2. The molecule has 0 unspecified atom stereocenters. The highest BCUT2D eigenvalue weighted by molar-refractivity contribution is 6.04. The molecule has 1 aromatic carbocycles. The first-order valence-corrected chi connectivity index (χ1v) is 6.54. The predicted molar refractivity (Wildman–Crippen MR) is 79.0 cm³/mol. The highest BCUT2D eigenvalue weighted by atomic mass is 16.5. The number of aromatic nitrogens is 1. The molecule has 0 aliphatic carbocycles. The maximum atomic E-state index is 12.1. The standard InChI is InChI=1S/C16H16N2O3/c1-11-7-13(5-3-4-6-19)9-14(8-11)18-16(20)15-10-17-21-12(15)2/h7-10,19H,4,6H2,1-2H3,(H,18,20). The number of hydrogen-bond donors (Lipinski definition) is 2. The van der Waals surface area contributed by atoms with Crippen molar-refractivity contribution in [2.75, 3.05) is 11.9 Å². The Labute approximate surface area is 123 Å². The molecular formula is C16H16N2O3. The Morgan fingerprint density at radius 1 is 1.38 bits per heavy atom. The minimum absolute atomic E-state index is 0.0369. The van der Waals surface area contributed by atoms with E-state index < -0.39 is 0 Å². The molecule has 0 spiro atoms. The maximum absolute atomic E-state index is 12.1. The molecule has 108 valence electrons. The van der Waals surface area contributed by atoms with E-state index in [-0.39, 0.29) is 12.5 Å². The van der Waals surface area contributed by atoms with Crippen LogP contribution in [0.1, 0.15) is 33.7 Å². The summed E-state index contributed by atoms with van der Waals surface area (Å²) in [6, 6.07) is 5.57. The van der Waals surface area contributed by atoms with Crippen LogP contribution in [0.15, 0.2) is 28.9 Å². The SMILES string of the molecule is Cc1cc(C#CCCO)cc(NC(=O)c2cnoc2C)c1. The molecule has 0 aliphatic rings. The summed E-state index contributed by atoms with van der Waals surface area (Å²) in [5.74, 6) is 6.02. The molecule has 0 aliphatic heterocycles. The number of aliphatic hydroxyl groups excluding tert-OH is 1. The van der Waals surface area contributed by atoms with Gasteiger partial charge in [-0.05, 0) is 37.6 Å². The molecule has 21 heavy (non-hydrogen) atoms. The van der Waals surface area contributed by atoms with E-state index in [4.69, 9.17) is 9.63 Å². The molecule has 5 heteroatoms. The van der Waals surface area contributed by atoms with Crippen LogP contribution in [0.3, 0.4) is 0 Å². The van der Waals surface area contributed by atoms with Crippen LogP contribution in [-0.2, 0) is 0 Å². The lowest BCUT2D eigenvalue weighted by Gasteiger charge is -2.06. The number of aryl methyl sites for hydroxylation is 2. The summed E-state index contributed by atoms with van der Waals surface area (Å²) in [4.78, 5) is 12.1. The number of hydrogen-bond acceptors (Lipinski definition) is 4. The second-order valence-electron chi connectivity index (χ2n) is 4.61. The monoisotopic (exact) mass is 284 g/mol. The lowest BCUT2D eigenvalue weighted by molar-refractivity contribution is 0.102. The van der Waals surface area contributed by atoms with E-state index in [2.05, 4.69) is 22.3 Å². The van der Waals surface area contributed by atoms with Crippen molar-refractivity contribution in [3.05, 3.63) is 46.8 Å². The van der Waals surface area contributed by atoms with E-state index in [9.17, 15) is 4.79 Å². The van der Waals surface area contributed by atoms with Gasteiger partial charge in [0.2, 0.25) is 0 Å². The molecule has 2 aromatic rings. The molecule has 0 fully saturated rings. The highest BCUT2D eigenvalue weighted by Gasteiger charge is 2.13. The summed E-state index contributed by atoms with van der Waals surface area (Å²) in [6.07, 6.45) is 1.82. The molecule has 1 heterocycles. The van der Waals surface area contributed by atoms with E-state index in [1.807, 2.05) is 19.1 Å². The first-order valence-electron chi connectivity index (χ1n) is 6.54. The van der Waals surface area contributed by atoms with Crippen molar-refractivity contribution in [3.8, 4) is 11.8 Å². The molecule has 0 saturated heterocycles. The third kappa shape index (κ3) is 3.94. The zero-order valence-corrected chi connectivity index (χ0v) is 11.9. The molecule has 1 aromatic heterocycles. The van der Waals surface area contributed by atoms with E-state index >= 15 is 0 Å². The summed E-state index contributed by atoms with van der Waals surface area (Å²) in [5.41, 5.74) is 2.85. The average Bonchev–Trinajstić information content (AvgIpc) is 2.85. The van der Waals surface area contributed by atoms with Crippen LogP contribution in [0.2, 0.25) is 0 Å². The number of nitrogens with one attached hydrogen (secondary N) is 1. The molecular weight excluding hydrogens is 268 g/mol. The lowest BCUT2D eigenvalue weighted by Crippen LogP contribution is -2.12. The lowest BCUT2D eigenvalue weighted by atomic mass is 10.1. The second kappa shape index (κ2) is 6.73. The van der Waals surface area contributed by atoms with Crippen molar-refractivity contribution in [1.82, 2.24) is 5.16 Å². The van der Waals surface area contributed by atoms with Crippen molar-refractivity contribution < 1.29 is 14.4 Å². The van der Waals surface area contributed by atoms with Crippen LogP contribution < -0.4 is 5.32 Å². The number of nitrogens with zero attached hydrogens (tertiary/aromatic N) is 1. The van der Waals surface area contributed by atoms with Gasteiger partial charge in [-0.1, -0.05) is 17.0 Å². The number of carbonyl (C=O) groups is 1. The van der Waals surface area contributed by atoms with Gasteiger partial charge >= 0.3 is 0 Å². The third-order valence-corrected chi connectivity index (χ3v) is 2.80. The van der Waals surface area contributed by atoms with E-state index in [0.29, 0.717) is 23.4 Å². The van der Waals surface area contributed by atoms with Crippen LogP contribution in [0, 0.1) is 25.7 Å². The Kier molecular flexibility index (Phi) is 4.75. The van der Waals surface area contributed by atoms with Crippen molar-refractivity contribution in [2.45, 2.75) is 20.3 Å². The van der Waals surface area contributed by atoms with E-state index in [1.54, 1.807) is 13.0 Å². The molecule has 2 rings (SSSR count). The first kappa shape index (κ1) is 14.8. The van der Waals surface area contributed by atoms with Crippen LogP contribution in [0.4, 0.5) is 5.69 Å². The smallest absolute Gasteiger partial charge is 0.260 e. The van der Waals surface area contributed by atoms with Gasteiger partial charge in [-0.15, -0.1) is 0 Å². The predicted octanol–water partition coefficient (Wildman–Crippen LogP) is 2.28. The third-order valence-electron chi connectivity index (χ3n) is 2.80. The highest BCUT2D eigenvalue weighted by Crippen LogP contribution is 2.16. The minimum atomic E-state index is -0.270. The van der Waals surface area contributed by atoms with Gasteiger partial charge in [0.1, 0.15) is 11.3 Å². The minimum Gasteiger partial charge on any atom is -0.395 e. The molecule has 1 amide bonds. The average molecular weight is 284 g/mol. The van der Waals surface area contributed by atoms with Crippen LogP contribution in [0.5, 0.6) is 0 Å². The van der Waals surface area contributed by atoms with Gasteiger partial charge in [0.05, 0.1) is 12.8 Å². The van der Waals surface area contributed by atoms with Gasteiger partial charge in [0, 0.05) is 17.7 Å². The summed E-state index contributed by atoms with van der Waals surface area (Å²) in [6.45, 7) is 3.65. The van der Waals surface area contributed by atoms with E-state index in [1.165, 1.54) is 6.20 Å². The molecule has 0 saturated carbocycles. The van der Waals surface area contributed by atoms with Gasteiger partial charge in [-0.2, -0.15) is 0 Å². The molecule has 0 radical (unpaired) electrons. The summed E-state index contributed by atoms with van der Waals surface area (Å²) in [5, 5.41) is 15.1. The molecule has 0 bridgehead atoms. The van der Waals surface area contributed by atoms with Crippen molar-refractivity contribution in [1.29, 1.82) is 0 Å². The Morgan fingerprint density at radius 3 is 2.86 bits per heavy atom. The fourth-order valence-corrected chi connectivity index (χ4v) is 1.86. The Balaban J connectivity index is 2.19. The van der Waals surface area contributed by atoms with Crippen molar-refractivity contribution >= 4 is 11.6 Å². The molecule has 5 nitrogen and oxygen atoms in total. The van der Waals surface area contributed by atoms with Gasteiger partial charge in [-0.3, -0.25) is 4.79 Å². The first-order chi connectivity index (χ1) is 10.1. The number of aliphatic hydroxyl groups is 1. The summed E-state index contributed by atoms with van der Waals surface area (Å²) in [7, 11) is 0. The molecule has 2 N–H and O–H groups in total. The fraction of sp³-hybridized carbons (Fsp3) is 0.250. The summed E-state index contributed by atoms with van der Waals surface area (Å²) >= 11 is 0. The zero-order valence-electron chi connectivity index (χ0n) is 11.9. The summed E-state index contributed by atoms with van der Waals surface area (Å²) < 4.78 is 4.88.